The van der Waals surface area contributed by atoms with E-state index in [1.54, 1.807) is 21.3 Å². The first-order valence-electron chi connectivity index (χ1n) is 9.64. The number of hydrogen-bond acceptors (Lipinski definition) is 5. The maximum Gasteiger partial charge on any atom is 0.318 e. The molecule has 1 heterocycles. The summed E-state index contributed by atoms with van der Waals surface area (Å²) < 4.78 is 10.8. The fraction of sp³-hybridized carbons (Fsp3) is 0.318. The van der Waals surface area contributed by atoms with Crippen LogP contribution in [0.5, 0.6) is 11.5 Å². The molecule has 0 saturated heterocycles. The van der Waals surface area contributed by atoms with E-state index in [9.17, 15) is 9.59 Å². The third-order valence-electron chi connectivity index (χ3n) is 5.00. The van der Waals surface area contributed by atoms with Crippen molar-refractivity contribution < 1.29 is 19.1 Å². The maximum atomic E-state index is 12.9. The van der Waals surface area contributed by atoms with E-state index < -0.39 is 0 Å². The van der Waals surface area contributed by atoms with Gasteiger partial charge in [-0.15, -0.1) is 0 Å². The van der Waals surface area contributed by atoms with Gasteiger partial charge in [-0.25, -0.2) is 9.80 Å². The number of methoxy groups -OCH3 is 2. The van der Waals surface area contributed by atoms with E-state index in [0.29, 0.717) is 30.2 Å². The lowest BCUT2D eigenvalue weighted by Gasteiger charge is -2.17. The first-order valence-corrected chi connectivity index (χ1v) is 9.64. The number of aryl methyl sites for hydroxylation is 1. The van der Waals surface area contributed by atoms with Gasteiger partial charge in [0.25, 0.3) is 0 Å². The number of rotatable bonds is 6. The number of carbonyl (C=O) groups excluding carboxylic acids is 2. The van der Waals surface area contributed by atoms with Gasteiger partial charge in [0, 0.05) is 24.7 Å². The average molecular weight is 410 g/mol. The van der Waals surface area contributed by atoms with Crippen molar-refractivity contribution >= 4 is 23.3 Å². The second-order valence-electron chi connectivity index (χ2n) is 6.87. The Hall–Kier alpha value is -3.55. The summed E-state index contributed by atoms with van der Waals surface area (Å²) >= 11 is 0. The van der Waals surface area contributed by atoms with Gasteiger partial charge in [-0.05, 0) is 36.2 Å². The van der Waals surface area contributed by atoms with Crippen LogP contribution in [0, 0.1) is 6.92 Å². The second kappa shape index (κ2) is 9.30. The molecule has 3 amide bonds. The third-order valence-corrected chi connectivity index (χ3v) is 5.00. The summed E-state index contributed by atoms with van der Waals surface area (Å²) in [5, 5.41) is 11.2. The Kier molecular flexibility index (Phi) is 6.56. The smallest absolute Gasteiger partial charge is 0.318 e. The molecule has 0 atom stereocenters. The van der Waals surface area contributed by atoms with Crippen LogP contribution < -0.4 is 20.1 Å². The summed E-state index contributed by atoms with van der Waals surface area (Å²) in [6, 6.07) is 10.8. The van der Waals surface area contributed by atoms with Crippen molar-refractivity contribution in [2.24, 2.45) is 5.10 Å². The minimum absolute atomic E-state index is 0.0995. The first kappa shape index (κ1) is 21.2. The molecule has 0 bridgehead atoms. The van der Waals surface area contributed by atoms with E-state index in [2.05, 4.69) is 15.7 Å². The highest BCUT2D eigenvalue weighted by atomic mass is 16.5. The molecule has 158 valence electrons. The van der Waals surface area contributed by atoms with Crippen LogP contribution in [0.15, 0.2) is 41.5 Å². The summed E-state index contributed by atoms with van der Waals surface area (Å²) in [5.41, 5.74) is 4.20. The molecular weight excluding hydrogens is 384 g/mol. The lowest BCUT2D eigenvalue weighted by molar-refractivity contribution is -0.130. The summed E-state index contributed by atoms with van der Waals surface area (Å²) in [5.74, 6) is 1.08. The maximum absolute atomic E-state index is 12.9. The molecule has 0 unspecified atom stereocenters. The SMILES string of the molecule is CNC(=O)Nc1ccc(C2=NN(C(=O)Cc3c(C)ccc(OC)c3OC)CC2)cc1. The number of ether oxygens (including phenoxy) is 2. The quantitative estimate of drug-likeness (QED) is 0.766. The molecule has 8 nitrogen and oxygen atoms in total. The van der Waals surface area contributed by atoms with Crippen molar-refractivity contribution in [2.45, 2.75) is 19.8 Å². The molecule has 0 aliphatic carbocycles. The molecule has 1 aliphatic rings. The molecule has 2 aromatic carbocycles. The Morgan fingerprint density at radius 1 is 1.10 bits per heavy atom. The number of hydrogen-bond donors (Lipinski definition) is 2. The predicted octanol–water partition coefficient (Wildman–Crippen LogP) is 2.94. The Morgan fingerprint density at radius 2 is 1.83 bits per heavy atom. The molecule has 0 saturated carbocycles. The van der Waals surface area contributed by atoms with E-state index in [1.165, 1.54) is 5.01 Å². The molecule has 2 aromatic rings. The van der Waals surface area contributed by atoms with Crippen molar-refractivity contribution in [1.29, 1.82) is 0 Å². The second-order valence-corrected chi connectivity index (χ2v) is 6.87. The standard InChI is InChI=1S/C22H26N4O4/c1-14-5-10-19(29-3)21(30-4)17(14)13-20(27)26-12-11-18(25-26)15-6-8-16(9-7-15)24-22(28)23-2/h5-10H,11-13H2,1-4H3,(H2,23,24,28). The summed E-state index contributed by atoms with van der Waals surface area (Å²) in [4.78, 5) is 24.3. The molecule has 2 N–H and O–H groups in total. The van der Waals surface area contributed by atoms with Crippen LogP contribution in [-0.2, 0) is 11.2 Å². The van der Waals surface area contributed by atoms with Gasteiger partial charge in [-0.3, -0.25) is 4.79 Å². The minimum atomic E-state index is -0.277. The van der Waals surface area contributed by atoms with Gasteiger partial charge in [0.2, 0.25) is 5.91 Å². The van der Waals surface area contributed by atoms with Crippen molar-refractivity contribution in [3.8, 4) is 11.5 Å². The highest BCUT2D eigenvalue weighted by Crippen LogP contribution is 2.34. The highest BCUT2D eigenvalue weighted by molar-refractivity contribution is 6.03. The molecule has 0 aromatic heterocycles. The van der Waals surface area contributed by atoms with Crippen LogP contribution in [0.1, 0.15) is 23.1 Å². The van der Waals surface area contributed by atoms with Gasteiger partial charge < -0.3 is 20.1 Å². The van der Waals surface area contributed by atoms with Crippen molar-refractivity contribution in [2.75, 3.05) is 33.1 Å². The van der Waals surface area contributed by atoms with Crippen LogP contribution in [0.25, 0.3) is 0 Å². The van der Waals surface area contributed by atoms with Gasteiger partial charge in [0.15, 0.2) is 11.5 Å². The Morgan fingerprint density at radius 3 is 2.47 bits per heavy atom. The fourth-order valence-corrected chi connectivity index (χ4v) is 3.33. The monoisotopic (exact) mass is 410 g/mol. The van der Waals surface area contributed by atoms with E-state index in [1.807, 2.05) is 43.3 Å². The zero-order valence-corrected chi connectivity index (χ0v) is 17.6. The van der Waals surface area contributed by atoms with Crippen LogP contribution >= 0.6 is 0 Å². The van der Waals surface area contributed by atoms with Crippen LogP contribution in [-0.4, -0.2) is 50.5 Å². The number of carbonyl (C=O) groups is 2. The normalized spacial score (nSPS) is 12.9. The van der Waals surface area contributed by atoms with Gasteiger partial charge in [-0.1, -0.05) is 18.2 Å². The molecule has 0 spiro atoms. The topological polar surface area (TPSA) is 92.3 Å². The molecule has 0 radical (unpaired) electrons. The summed E-state index contributed by atoms with van der Waals surface area (Å²) in [6.07, 6.45) is 0.847. The van der Waals surface area contributed by atoms with Crippen LogP contribution in [0.2, 0.25) is 0 Å². The number of nitrogens with one attached hydrogen (secondary N) is 2. The summed E-state index contributed by atoms with van der Waals surface area (Å²) in [6.45, 7) is 2.47. The molecule has 0 fully saturated rings. The molecule has 30 heavy (non-hydrogen) atoms. The average Bonchev–Trinajstić information content (AvgIpc) is 3.25. The Balaban J connectivity index is 1.73. The largest absolute Gasteiger partial charge is 0.493 e. The minimum Gasteiger partial charge on any atom is -0.493 e. The lowest BCUT2D eigenvalue weighted by atomic mass is 10.0. The molecular formula is C22H26N4O4. The van der Waals surface area contributed by atoms with Gasteiger partial charge in [0.1, 0.15) is 0 Å². The molecule has 8 heteroatoms. The zero-order chi connectivity index (χ0) is 21.7. The van der Waals surface area contributed by atoms with Crippen molar-refractivity contribution in [1.82, 2.24) is 10.3 Å². The lowest BCUT2D eigenvalue weighted by Crippen LogP contribution is -2.25. The number of nitrogens with zero attached hydrogens (tertiary/aromatic N) is 2. The van der Waals surface area contributed by atoms with Crippen LogP contribution in [0.4, 0.5) is 10.5 Å². The summed E-state index contributed by atoms with van der Waals surface area (Å²) in [7, 11) is 4.70. The van der Waals surface area contributed by atoms with E-state index >= 15 is 0 Å². The van der Waals surface area contributed by atoms with E-state index in [4.69, 9.17) is 9.47 Å². The molecule has 1 aliphatic heterocycles. The number of amides is 3. The van der Waals surface area contributed by atoms with Crippen molar-refractivity contribution in [3.05, 3.63) is 53.1 Å². The Bertz CT molecular complexity index is 970. The Labute approximate surface area is 175 Å². The number of anilines is 1. The van der Waals surface area contributed by atoms with Gasteiger partial charge in [-0.2, -0.15) is 5.10 Å². The number of urea groups is 1. The number of benzene rings is 2. The van der Waals surface area contributed by atoms with E-state index in [0.717, 1.165) is 22.4 Å². The van der Waals surface area contributed by atoms with Gasteiger partial charge >= 0.3 is 6.03 Å². The number of hydrazone groups is 1. The first-order chi connectivity index (χ1) is 14.5. The third kappa shape index (κ3) is 4.53. The highest BCUT2D eigenvalue weighted by Gasteiger charge is 2.24. The van der Waals surface area contributed by atoms with Gasteiger partial charge in [0.05, 0.1) is 32.9 Å². The van der Waals surface area contributed by atoms with Crippen LogP contribution in [0.3, 0.4) is 0 Å². The fourth-order valence-electron chi connectivity index (χ4n) is 3.33. The molecule has 3 rings (SSSR count). The zero-order valence-electron chi connectivity index (χ0n) is 17.6. The predicted molar refractivity (Wildman–Crippen MR) is 115 cm³/mol. The van der Waals surface area contributed by atoms with Crippen molar-refractivity contribution in [3.63, 3.8) is 0 Å². The van der Waals surface area contributed by atoms with E-state index in [-0.39, 0.29) is 18.4 Å².